The van der Waals surface area contributed by atoms with Crippen LogP contribution in [0.15, 0.2) is 54.6 Å². The minimum absolute atomic E-state index is 0.144. The van der Waals surface area contributed by atoms with E-state index in [1.165, 1.54) is 0 Å². The molecule has 0 unspecified atom stereocenters. The Morgan fingerprint density at radius 1 is 1.03 bits per heavy atom. The molecule has 29 heavy (non-hydrogen) atoms. The van der Waals surface area contributed by atoms with Gasteiger partial charge in [-0.1, -0.05) is 55.5 Å². The molecule has 152 valence electrons. The molecule has 0 radical (unpaired) electrons. The van der Waals surface area contributed by atoms with Gasteiger partial charge in [-0.3, -0.25) is 4.79 Å². The molecule has 1 saturated heterocycles. The van der Waals surface area contributed by atoms with Crippen molar-refractivity contribution in [2.24, 2.45) is 5.92 Å². The average molecular weight is 393 g/mol. The van der Waals surface area contributed by atoms with Gasteiger partial charge >= 0.3 is 5.97 Å². The summed E-state index contributed by atoms with van der Waals surface area (Å²) in [4.78, 5) is 27.1. The van der Waals surface area contributed by atoms with Gasteiger partial charge in [-0.2, -0.15) is 0 Å². The molecule has 0 aliphatic carbocycles. The van der Waals surface area contributed by atoms with Crippen molar-refractivity contribution in [1.82, 2.24) is 4.90 Å². The number of methoxy groups -OCH3 is 1. The summed E-state index contributed by atoms with van der Waals surface area (Å²) in [5.41, 5.74) is 1.87. The van der Waals surface area contributed by atoms with E-state index in [1.807, 2.05) is 54.6 Å². The number of esters is 1. The molecule has 1 aliphatic rings. The van der Waals surface area contributed by atoms with Crippen LogP contribution in [0.5, 0.6) is 5.75 Å². The van der Waals surface area contributed by atoms with E-state index in [0.717, 1.165) is 37.1 Å². The van der Waals surface area contributed by atoms with Gasteiger partial charge in [-0.25, -0.2) is 4.79 Å². The fraction of sp³-hybridized carbons (Fsp3) is 0.333. The molecule has 3 rings (SSSR count). The van der Waals surface area contributed by atoms with Gasteiger partial charge in [-0.05, 0) is 36.5 Å². The van der Waals surface area contributed by atoms with Crippen molar-refractivity contribution in [3.63, 3.8) is 0 Å². The number of benzene rings is 2. The fourth-order valence-corrected chi connectivity index (χ4v) is 3.37. The van der Waals surface area contributed by atoms with Crippen molar-refractivity contribution < 1.29 is 19.1 Å². The lowest BCUT2D eigenvalue weighted by Crippen LogP contribution is -2.40. The Bertz CT molecular complexity index is 867. The van der Waals surface area contributed by atoms with E-state index in [9.17, 15) is 9.59 Å². The molecule has 1 aliphatic heterocycles. The molecular weight excluding hydrogens is 366 g/mol. The van der Waals surface area contributed by atoms with Crippen LogP contribution in [0.4, 0.5) is 0 Å². The molecule has 5 heteroatoms. The Morgan fingerprint density at radius 2 is 1.69 bits per heavy atom. The van der Waals surface area contributed by atoms with Crippen molar-refractivity contribution in [3.8, 4) is 5.75 Å². The van der Waals surface area contributed by atoms with Crippen LogP contribution >= 0.6 is 0 Å². The van der Waals surface area contributed by atoms with E-state index in [-0.39, 0.29) is 12.5 Å². The van der Waals surface area contributed by atoms with Gasteiger partial charge in [0.05, 0.1) is 12.7 Å². The zero-order chi connectivity index (χ0) is 20.6. The summed E-state index contributed by atoms with van der Waals surface area (Å²) in [7, 11) is 1.59. The third-order valence-corrected chi connectivity index (χ3v) is 5.21. The number of rotatable bonds is 6. The van der Waals surface area contributed by atoms with Gasteiger partial charge in [0, 0.05) is 18.7 Å². The van der Waals surface area contributed by atoms with E-state index >= 15 is 0 Å². The zero-order valence-corrected chi connectivity index (χ0v) is 17.0. The first kappa shape index (κ1) is 20.6. The quantitative estimate of drug-likeness (QED) is 0.422. The number of amides is 1. The molecule has 2 aromatic carbocycles. The Hall–Kier alpha value is -3.08. The SMILES string of the molecule is COc1ccccc1/C=C(/C(=O)OCC(=O)N1CCC(C)CC1)c1ccccc1. The first-order valence-electron chi connectivity index (χ1n) is 9.93. The third-order valence-electron chi connectivity index (χ3n) is 5.21. The molecule has 0 bridgehead atoms. The van der Waals surface area contributed by atoms with Crippen LogP contribution in [0.2, 0.25) is 0 Å². The van der Waals surface area contributed by atoms with Crippen LogP contribution in [0.3, 0.4) is 0 Å². The summed E-state index contributed by atoms with van der Waals surface area (Å²) in [6.07, 6.45) is 3.72. The second kappa shape index (κ2) is 9.92. The van der Waals surface area contributed by atoms with Crippen molar-refractivity contribution >= 4 is 23.5 Å². The van der Waals surface area contributed by atoms with Gasteiger partial charge in [0.2, 0.25) is 0 Å². The van der Waals surface area contributed by atoms with Gasteiger partial charge in [0.1, 0.15) is 5.75 Å². The van der Waals surface area contributed by atoms with Crippen molar-refractivity contribution in [2.45, 2.75) is 19.8 Å². The number of likely N-dealkylation sites (tertiary alicyclic amines) is 1. The summed E-state index contributed by atoms with van der Waals surface area (Å²) < 4.78 is 10.8. The second-order valence-corrected chi connectivity index (χ2v) is 7.31. The van der Waals surface area contributed by atoms with Gasteiger partial charge in [-0.15, -0.1) is 0 Å². The maximum Gasteiger partial charge on any atom is 0.339 e. The van der Waals surface area contributed by atoms with Crippen LogP contribution < -0.4 is 4.74 Å². The highest BCUT2D eigenvalue weighted by atomic mass is 16.5. The first-order valence-corrected chi connectivity index (χ1v) is 9.93. The van der Waals surface area contributed by atoms with Gasteiger partial charge in [0.15, 0.2) is 6.61 Å². The highest BCUT2D eigenvalue weighted by Gasteiger charge is 2.22. The van der Waals surface area contributed by atoms with Crippen molar-refractivity contribution in [2.75, 3.05) is 26.8 Å². The predicted molar refractivity (Wildman–Crippen MR) is 113 cm³/mol. The number of ether oxygens (including phenoxy) is 2. The van der Waals surface area contributed by atoms with Gasteiger partial charge < -0.3 is 14.4 Å². The van der Waals surface area contributed by atoms with Crippen LogP contribution in [0.1, 0.15) is 30.9 Å². The average Bonchev–Trinajstić information content (AvgIpc) is 2.77. The lowest BCUT2D eigenvalue weighted by atomic mass is 9.99. The van der Waals surface area contributed by atoms with Crippen LogP contribution in [0, 0.1) is 5.92 Å². The minimum Gasteiger partial charge on any atom is -0.496 e. The summed E-state index contributed by atoms with van der Waals surface area (Å²) in [6, 6.07) is 16.7. The number of piperidine rings is 1. The van der Waals surface area contributed by atoms with Crippen LogP contribution in [-0.4, -0.2) is 43.6 Å². The van der Waals surface area contributed by atoms with Crippen LogP contribution in [0.25, 0.3) is 11.6 Å². The lowest BCUT2D eigenvalue weighted by molar-refractivity contribution is -0.148. The lowest BCUT2D eigenvalue weighted by Gasteiger charge is -2.30. The van der Waals surface area contributed by atoms with E-state index in [4.69, 9.17) is 9.47 Å². The number of hydrogen-bond donors (Lipinski definition) is 0. The molecule has 0 atom stereocenters. The molecule has 0 N–H and O–H groups in total. The molecule has 1 heterocycles. The molecule has 0 saturated carbocycles. The maximum absolute atomic E-state index is 12.9. The van der Waals surface area contributed by atoms with E-state index in [1.54, 1.807) is 18.1 Å². The predicted octanol–water partition coefficient (Wildman–Crippen LogP) is 4.04. The molecular formula is C24H27NO4. The van der Waals surface area contributed by atoms with E-state index in [0.29, 0.717) is 17.2 Å². The number of nitrogens with zero attached hydrogens (tertiary/aromatic N) is 1. The zero-order valence-electron chi connectivity index (χ0n) is 17.0. The smallest absolute Gasteiger partial charge is 0.339 e. The van der Waals surface area contributed by atoms with Crippen LogP contribution in [-0.2, 0) is 14.3 Å². The molecule has 2 aromatic rings. The Morgan fingerprint density at radius 3 is 2.38 bits per heavy atom. The normalized spacial score (nSPS) is 15.1. The summed E-state index contributed by atoms with van der Waals surface area (Å²) >= 11 is 0. The number of hydrogen-bond acceptors (Lipinski definition) is 4. The first-order chi connectivity index (χ1) is 14.1. The highest BCUT2D eigenvalue weighted by Crippen LogP contribution is 2.25. The number of para-hydroxylation sites is 1. The second-order valence-electron chi connectivity index (χ2n) is 7.31. The maximum atomic E-state index is 12.9. The number of carbonyl (C=O) groups is 2. The standard InChI is InChI=1S/C24H27NO4/c1-18-12-14-25(15-13-18)23(26)17-29-24(27)21(19-8-4-3-5-9-19)16-20-10-6-7-11-22(20)28-2/h3-11,16,18H,12-15,17H2,1-2H3/b21-16+. The highest BCUT2D eigenvalue weighted by molar-refractivity contribution is 6.22. The summed E-state index contributed by atoms with van der Waals surface area (Å²) in [6.45, 7) is 3.39. The summed E-state index contributed by atoms with van der Waals surface area (Å²) in [5.74, 6) is 0.623. The third kappa shape index (κ3) is 5.47. The Balaban J connectivity index is 1.77. The largest absolute Gasteiger partial charge is 0.496 e. The molecule has 1 amide bonds. The van der Waals surface area contributed by atoms with E-state index in [2.05, 4.69) is 6.92 Å². The molecule has 0 aromatic heterocycles. The molecule has 5 nitrogen and oxygen atoms in total. The molecule has 0 spiro atoms. The van der Waals surface area contributed by atoms with Crippen molar-refractivity contribution in [3.05, 3.63) is 65.7 Å². The minimum atomic E-state index is -0.527. The topological polar surface area (TPSA) is 55.8 Å². The van der Waals surface area contributed by atoms with Crippen molar-refractivity contribution in [1.29, 1.82) is 0 Å². The monoisotopic (exact) mass is 393 g/mol. The fourth-order valence-electron chi connectivity index (χ4n) is 3.37. The summed E-state index contributed by atoms with van der Waals surface area (Å²) in [5, 5.41) is 0. The number of carbonyl (C=O) groups excluding carboxylic acids is 2. The Kier molecular flexibility index (Phi) is 7.06. The van der Waals surface area contributed by atoms with Gasteiger partial charge in [0.25, 0.3) is 5.91 Å². The molecule has 1 fully saturated rings. The van der Waals surface area contributed by atoms with E-state index < -0.39 is 5.97 Å². The Labute approximate surface area is 171 Å².